The van der Waals surface area contributed by atoms with Crippen LogP contribution in [0.4, 0.5) is 11.4 Å². The van der Waals surface area contributed by atoms with Crippen molar-refractivity contribution in [2.45, 2.75) is 4.90 Å². The normalized spacial score (nSPS) is 11.5. The van der Waals surface area contributed by atoms with E-state index in [0.29, 0.717) is 26.8 Å². The fraction of sp³-hybridized carbons (Fsp3) is 0.130. The van der Waals surface area contributed by atoms with E-state index >= 15 is 0 Å². The average Bonchev–Trinajstić information content (AvgIpc) is 3.01. The summed E-state index contributed by atoms with van der Waals surface area (Å²) >= 11 is 12.0. The summed E-state index contributed by atoms with van der Waals surface area (Å²) in [5.41, 5.74) is 1.80. The van der Waals surface area contributed by atoms with Crippen LogP contribution in [-0.4, -0.2) is 30.0 Å². The molecule has 0 bridgehead atoms. The molecule has 1 heterocycles. The van der Waals surface area contributed by atoms with Crippen molar-refractivity contribution in [1.82, 2.24) is 9.13 Å². The topological polar surface area (TPSA) is 93.4 Å². The van der Waals surface area contributed by atoms with Crippen molar-refractivity contribution in [3.63, 3.8) is 0 Å². The van der Waals surface area contributed by atoms with Crippen LogP contribution in [0.5, 0.6) is 0 Å². The van der Waals surface area contributed by atoms with Gasteiger partial charge in [-0.25, -0.2) is 13.2 Å². The Bertz CT molecular complexity index is 1560. The Labute approximate surface area is 206 Å². The Morgan fingerprint density at radius 3 is 2.26 bits per heavy atom. The number of amides is 1. The average molecular weight is 519 g/mol. The second-order valence-corrected chi connectivity index (χ2v) is 10.3. The largest absolute Gasteiger partial charge is 0.328 e. The summed E-state index contributed by atoms with van der Waals surface area (Å²) in [7, 11) is -0.817. The highest BCUT2D eigenvalue weighted by Gasteiger charge is 2.27. The molecule has 0 atom stereocenters. The maximum Gasteiger partial charge on any atom is 0.328 e. The first-order chi connectivity index (χ1) is 16.1. The number of benzene rings is 3. The number of rotatable bonds is 6. The van der Waals surface area contributed by atoms with E-state index in [2.05, 4.69) is 5.32 Å². The summed E-state index contributed by atoms with van der Waals surface area (Å²) < 4.78 is 30.8. The standard InChI is InChI=1S/C23H20Cl2N4O4S/c1-27-20-11-8-17(13-21(20)28(2)23(27)31)26-22(30)14-29(18-5-3-4-16(25)12-18)34(32,33)19-9-6-15(24)7-10-19/h3-13H,14H2,1-2H3,(H,26,30). The molecule has 0 aliphatic rings. The van der Waals surface area contributed by atoms with E-state index < -0.39 is 22.5 Å². The summed E-state index contributed by atoms with van der Waals surface area (Å²) in [6, 6.07) is 16.9. The zero-order valence-electron chi connectivity index (χ0n) is 18.2. The molecular formula is C23H20Cl2N4O4S. The second-order valence-electron chi connectivity index (χ2n) is 7.60. The number of imidazole rings is 1. The van der Waals surface area contributed by atoms with Gasteiger partial charge in [0.1, 0.15) is 6.54 Å². The van der Waals surface area contributed by atoms with Gasteiger partial charge in [-0.2, -0.15) is 0 Å². The summed E-state index contributed by atoms with van der Waals surface area (Å²) in [4.78, 5) is 25.1. The van der Waals surface area contributed by atoms with Crippen LogP contribution in [0, 0.1) is 0 Å². The number of anilines is 2. The molecule has 0 radical (unpaired) electrons. The molecular weight excluding hydrogens is 499 g/mol. The number of fused-ring (bicyclic) bond motifs is 1. The third-order valence-electron chi connectivity index (χ3n) is 5.34. The summed E-state index contributed by atoms with van der Waals surface area (Å²) in [6.45, 7) is -0.503. The number of hydrogen-bond acceptors (Lipinski definition) is 4. The number of aromatic nitrogens is 2. The molecule has 1 N–H and O–H groups in total. The van der Waals surface area contributed by atoms with Crippen LogP contribution in [0.25, 0.3) is 11.0 Å². The highest BCUT2D eigenvalue weighted by atomic mass is 35.5. The summed E-state index contributed by atoms with van der Waals surface area (Å²) in [5.74, 6) is -0.571. The summed E-state index contributed by atoms with van der Waals surface area (Å²) in [5, 5.41) is 3.42. The first-order valence-corrected chi connectivity index (χ1v) is 12.3. The molecule has 176 valence electrons. The van der Waals surface area contributed by atoms with Crippen molar-refractivity contribution in [2.75, 3.05) is 16.2 Å². The molecule has 3 aromatic carbocycles. The quantitative estimate of drug-likeness (QED) is 0.417. The monoisotopic (exact) mass is 518 g/mol. The van der Waals surface area contributed by atoms with Crippen LogP contribution in [0.3, 0.4) is 0 Å². The Hall–Kier alpha value is -3.27. The number of halogens is 2. The number of sulfonamides is 1. The molecule has 0 aliphatic carbocycles. The number of aryl methyl sites for hydroxylation is 2. The SMILES string of the molecule is Cn1c(=O)n(C)c2cc(NC(=O)CN(c3cccc(Cl)c3)S(=O)(=O)c3ccc(Cl)cc3)ccc21. The highest BCUT2D eigenvalue weighted by Crippen LogP contribution is 2.27. The van der Waals surface area contributed by atoms with Crippen LogP contribution in [0.2, 0.25) is 10.0 Å². The van der Waals surface area contributed by atoms with E-state index in [9.17, 15) is 18.0 Å². The molecule has 4 rings (SSSR count). The van der Waals surface area contributed by atoms with E-state index in [1.165, 1.54) is 39.5 Å². The molecule has 34 heavy (non-hydrogen) atoms. The first kappa shape index (κ1) is 23.9. The lowest BCUT2D eigenvalue weighted by molar-refractivity contribution is -0.114. The van der Waals surface area contributed by atoms with Gasteiger partial charge >= 0.3 is 5.69 Å². The lowest BCUT2D eigenvalue weighted by Gasteiger charge is -2.24. The lowest BCUT2D eigenvalue weighted by Crippen LogP contribution is -2.38. The van der Waals surface area contributed by atoms with Crippen LogP contribution >= 0.6 is 23.2 Å². The predicted octanol–water partition coefficient (Wildman–Crippen LogP) is 4.02. The van der Waals surface area contributed by atoms with Gasteiger partial charge in [0.25, 0.3) is 10.0 Å². The predicted molar refractivity (Wildman–Crippen MR) is 134 cm³/mol. The van der Waals surface area contributed by atoms with Crippen molar-refractivity contribution in [3.8, 4) is 0 Å². The minimum atomic E-state index is -4.11. The van der Waals surface area contributed by atoms with Crippen molar-refractivity contribution in [1.29, 1.82) is 0 Å². The van der Waals surface area contributed by atoms with Crippen molar-refractivity contribution in [2.24, 2.45) is 14.1 Å². The maximum absolute atomic E-state index is 13.4. The third kappa shape index (κ3) is 4.54. The van der Waals surface area contributed by atoms with Gasteiger partial charge in [0.15, 0.2) is 0 Å². The molecule has 8 nitrogen and oxygen atoms in total. The Morgan fingerprint density at radius 1 is 0.912 bits per heavy atom. The highest BCUT2D eigenvalue weighted by molar-refractivity contribution is 7.92. The summed E-state index contributed by atoms with van der Waals surface area (Å²) in [6.07, 6.45) is 0. The second kappa shape index (κ2) is 9.17. The van der Waals surface area contributed by atoms with E-state index in [0.717, 1.165) is 4.31 Å². The zero-order valence-corrected chi connectivity index (χ0v) is 20.5. The lowest BCUT2D eigenvalue weighted by atomic mass is 10.2. The van der Waals surface area contributed by atoms with Crippen molar-refractivity contribution < 1.29 is 13.2 Å². The number of carbonyl (C=O) groups excluding carboxylic acids is 1. The number of nitrogens with zero attached hydrogens (tertiary/aromatic N) is 3. The van der Waals surface area contributed by atoms with Crippen molar-refractivity contribution in [3.05, 3.63) is 87.3 Å². The number of carbonyl (C=O) groups is 1. The number of nitrogens with one attached hydrogen (secondary N) is 1. The Balaban J connectivity index is 1.67. The first-order valence-electron chi connectivity index (χ1n) is 10.1. The fourth-order valence-electron chi connectivity index (χ4n) is 3.60. The van der Waals surface area contributed by atoms with Gasteiger partial charge in [0.05, 0.1) is 21.6 Å². The molecule has 0 fully saturated rings. The van der Waals surface area contributed by atoms with Gasteiger partial charge in [-0.3, -0.25) is 18.2 Å². The Kier molecular flexibility index (Phi) is 6.44. The fourth-order valence-corrected chi connectivity index (χ4v) is 5.32. The Morgan fingerprint density at radius 2 is 1.59 bits per heavy atom. The zero-order chi connectivity index (χ0) is 24.6. The van der Waals surface area contributed by atoms with E-state index in [1.807, 2.05) is 0 Å². The van der Waals surface area contributed by atoms with E-state index in [4.69, 9.17) is 23.2 Å². The minimum Gasteiger partial charge on any atom is -0.324 e. The van der Waals surface area contributed by atoms with Gasteiger partial charge < -0.3 is 5.32 Å². The van der Waals surface area contributed by atoms with Crippen LogP contribution in [-0.2, 0) is 28.9 Å². The van der Waals surface area contributed by atoms with Crippen molar-refractivity contribution >= 4 is 61.5 Å². The smallest absolute Gasteiger partial charge is 0.324 e. The van der Waals surface area contributed by atoms with Gasteiger partial charge in [0, 0.05) is 29.8 Å². The molecule has 0 unspecified atom stereocenters. The molecule has 0 spiro atoms. The molecule has 1 aromatic heterocycles. The molecule has 0 aliphatic heterocycles. The molecule has 0 saturated carbocycles. The third-order valence-corrected chi connectivity index (χ3v) is 7.62. The molecule has 0 saturated heterocycles. The number of hydrogen-bond donors (Lipinski definition) is 1. The molecule has 11 heteroatoms. The van der Waals surface area contributed by atoms with Gasteiger partial charge in [-0.05, 0) is 60.7 Å². The van der Waals surface area contributed by atoms with Crippen LogP contribution in [0.15, 0.2) is 76.4 Å². The minimum absolute atomic E-state index is 0.0228. The maximum atomic E-state index is 13.4. The molecule has 4 aromatic rings. The van der Waals surface area contributed by atoms with Gasteiger partial charge in [0.2, 0.25) is 5.91 Å². The van der Waals surface area contributed by atoms with E-state index in [-0.39, 0.29) is 16.3 Å². The van der Waals surface area contributed by atoms with Gasteiger partial charge in [-0.1, -0.05) is 29.3 Å². The van der Waals surface area contributed by atoms with Crippen LogP contribution in [0.1, 0.15) is 0 Å². The van der Waals surface area contributed by atoms with E-state index in [1.54, 1.807) is 50.5 Å². The molecule has 1 amide bonds. The van der Waals surface area contributed by atoms with Crippen LogP contribution < -0.4 is 15.3 Å². The van der Waals surface area contributed by atoms with Gasteiger partial charge in [-0.15, -0.1) is 0 Å².